The molecule has 128 valence electrons. The van der Waals surface area contributed by atoms with Crippen LogP contribution in [-0.4, -0.2) is 15.1 Å². The van der Waals surface area contributed by atoms with Crippen molar-refractivity contribution in [2.75, 3.05) is 0 Å². The zero-order chi connectivity index (χ0) is 17.4. The van der Waals surface area contributed by atoms with Crippen LogP contribution in [0.2, 0.25) is 10.0 Å². The molecular weight excluding hydrogens is 379 g/mol. The summed E-state index contributed by atoms with van der Waals surface area (Å²) in [6.45, 7) is 0.171. The minimum Gasteiger partial charge on any atom is -0.506 e. The number of phenolic OH excluding ortho intramolecular Hbond substituents is 1. The molecule has 0 aliphatic heterocycles. The molecule has 4 rings (SSSR count). The molecule has 0 bridgehead atoms. The first-order valence-electron chi connectivity index (χ1n) is 7.93. The highest BCUT2D eigenvalue weighted by Crippen LogP contribution is 2.39. The molecule has 5 nitrogen and oxygen atoms in total. The van der Waals surface area contributed by atoms with Crippen molar-refractivity contribution < 1.29 is 5.11 Å². The average Bonchev–Trinajstić information content (AvgIpc) is 2.98. The molecule has 0 amide bonds. The number of fused-ring (bicyclic) bond motifs is 3. The van der Waals surface area contributed by atoms with Crippen molar-refractivity contribution in [1.82, 2.24) is 9.97 Å². The van der Waals surface area contributed by atoms with E-state index in [-0.39, 0.29) is 17.3 Å². The van der Waals surface area contributed by atoms with Crippen molar-refractivity contribution in [3.63, 3.8) is 0 Å². The van der Waals surface area contributed by atoms with Crippen LogP contribution in [0.5, 0.6) is 5.75 Å². The van der Waals surface area contributed by atoms with Crippen molar-refractivity contribution >= 4 is 50.6 Å². The lowest BCUT2D eigenvalue weighted by molar-refractivity contribution is 0.468. The Morgan fingerprint density at radius 1 is 1.16 bits per heavy atom. The highest BCUT2D eigenvalue weighted by atomic mass is 35.5. The second kappa shape index (κ2) is 6.86. The number of benzene rings is 1. The van der Waals surface area contributed by atoms with Gasteiger partial charge in [-0.3, -0.25) is 0 Å². The predicted molar refractivity (Wildman–Crippen MR) is 100 cm³/mol. The van der Waals surface area contributed by atoms with Gasteiger partial charge in [0, 0.05) is 15.5 Å². The number of aryl methyl sites for hydroxylation is 2. The molecule has 25 heavy (non-hydrogen) atoms. The zero-order valence-corrected chi connectivity index (χ0v) is 15.5. The Hall–Kier alpha value is -1.76. The lowest BCUT2D eigenvalue weighted by Gasteiger charge is -2.10. The molecule has 1 aliphatic rings. The van der Waals surface area contributed by atoms with Crippen molar-refractivity contribution in [1.29, 1.82) is 0 Å². The van der Waals surface area contributed by atoms with Gasteiger partial charge < -0.3 is 5.11 Å². The molecule has 8 heteroatoms. The van der Waals surface area contributed by atoms with Gasteiger partial charge in [0.2, 0.25) is 0 Å². The van der Waals surface area contributed by atoms with Crippen LogP contribution in [0.1, 0.15) is 28.8 Å². The van der Waals surface area contributed by atoms with E-state index in [0.717, 1.165) is 23.1 Å². The van der Waals surface area contributed by atoms with Crippen LogP contribution >= 0.6 is 34.5 Å². The third-order valence-corrected chi connectivity index (χ3v) is 5.95. The Morgan fingerprint density at radius 3 is 2.88 bits per heavy atom. The van der Waals surface area contributed by atoms with Crippen LogP contribution in [-0.2, 0) is 19.4 Å². The van der Waals surface area contributed by atoms with Crippen LogP contribution in [0.15, 0.2) is 28.7 Å². The molecule has 0 atom stereocenters. The van der Waals surface area contributed by atoms with E-state index in [4.69, 9.17) is 23.2 Å². The Bertz CT molecular complexity index is 986. The maximum atomic E-state index is 10.00. The summed E-state index contributed by atoms with van der Waals surface area (Å²) in [5, 5.41) is 20.2. The molecule has 0 saturated heterocycles. The van der Waals surface area contributed by atoms with E-state index in [1.54, 1.807) is 17.4 Å². The van der Waals surface area contributed by atoms with Gasteiger partial charge in [0.25, 0.3) is 0 Å². The van der Waals surface area contributed by atoms with Crippen LogP contribution < -0.4 is 0 Å². The minimum absolute atomic E-state index is 0.0224. The van der Waals surface area contributed by atoms with E-state index in [1.165, 1.54) is 35.7 Å². The molecule has 0 spiro atoms. The number of phenols is 1. The first kappa shape index (κ1) is 16.7. The molecule has 2 heterocycles. The first-order valence-corrected chi connectivity index (χ1v) is 9.50. The Labute approximate surface area is 158 Å². The molecule has 1 aromatic carbocycles. The van der Waals surface area contributed by atoms with Crippen LogP contribution in [0.25, 0.3) is 10.2 Å². The average molecular weight is 393 g/mol. The lowest BCUT2D eigenvalue weighted by Crippen LogP contribution is -1.98. The number of azo groups is 1. The van der Waals surface area contributed by atoms with Crippen LogP contribution in [0.4, 0.5) is 5.82 Å². The fourth-order valence-electron chi connectivity index (χ4n) is 3.07. The molecule has 0 unspecified atom stereocenters. The summed E-state index contributed by atoms with van der Waals surface area (Å²) in [5.41, 5.74) is 1.84. The van der Waals surface area contributed by atoms with Crippen molar-refractivity contribution in [3.05, 3.63) is 44.5 Å². The number of hydrogen-bond acceptors (Lipinski definition) is 6. The van der Waals surface area contributed by atoms with E-state index in [1.807, 2.05) is 0 Å². The number of hydrogen-bond donors (Lipinski definition) is 1. The van der Waals surface area contributed by atoms with Gasteiger partial charge in [-0.15, -0.1) is 16.5 Å². The second-order valence-corrected chi connectivity index (χ2v) is 7.81. The SMILES string of the molecule is Oc1c(Cl)cc(Cl)cc1CN=Nc1ncnc2sc3c(c12)CCCC3. The molecule has 2 aromatic heterocycles. The summed E-state index contributed by atoms with van der Waals surface area (Å²) < 4.78 is 0. The normalized spacial score (nSPS) is 14.3. The number of aromatic hydroxyl groups is 1. The molecule has 1 N–H and O–H groups in total. The minimum atomic E-state index is -0.0224. The topological polar surface area (TPSA) is 70.7 Å². The summed E-state index contributed by atoms with van der Waals surface area (Å²) in [6.07, 6.45) is 6.06. The van der Waals surface area contributed by atoms with Crippen molar-refractivity contribution in [2.45, 2.75) is 32.2 Å². The monoisotopic (exact) mass is 392 g/mol. The van der Waals surface area contributed by atoms with Gasteiger partial charge in [0.05, 0.1) is 17.0 Å². The smallest absolute Gasteiger partial charge is 0.186 e. The molecule has 3 aromatic rings. The third-order valence-electron chi connectivity index (χ3n) is 4.24. The van der Waals surface area contributed by atoms with Gasteiger partial charge in [-0.1, -0.05) is 23.2 Å². The number of thiophene rings is 1. The first-order chi connectivity index (χ1) is 12.1. The summed E-state index contributed by atoms with van der Waals surface area (Å²) in [6, 6.07) is 3.12. The summed E-state index contributed by atoms with van der Waals surface area (Å²) in [5.74, 6) is 0.558. The van der Waals surface area contributed by atoms with E-state index in [9.17, 15) is 5.11 Å². The van der Waals surface area contributed by atoms with Gasteiger partial charge in [0.1, 0.15) is 16.9 Å². The quantitative estimate of drug-likeness (QED) is 0.566. The zero-order valence-electron chi connectivity index (χ0n) is 13.2. The molecule has 0 saturated carbocycles. The van der Waals surface area contributed by atoms with Crippen molar-refractivity contribution in [3.8, 4) is 5.75 Å². The van der Waals surface area contributed by atoms with Crippen molar-refractivity contribution in [2.24, 2.45) is 10.2 Å². The van der Waals surface area contributed by atoms with E-state index < -0.39 is 0 Å². The number of halogens is 2. The van der Waals surface area contributed by atoms with Gasteiger partial charge in [-0.2, -0.15) is 5.11 Å². The van der Waals surface area contributed by atoms with Gasteiger partial charge in [-0.05, 0) is 43.4 Å². The summed E-state index contributed by atoms with van der Waals surface area (Å²) >= 11 is 13.6. The third kappa shape index (κ3) is 3.21. The van der Waals surface area contributed by atoms with E-state index in [2.05, 4.69) is 20.2 Å². The number of rotatable bonds is 3. The maximum Gasteiger partial charge on any atom is 0.186 e. The second-order valence-electron chi connectivity index (χ2n) is 5.88. The highest BCUT2D eigenvalue weighted by Gasteiger charge is 2.19. The highest BCUT2D eigenvalue weighted by molar-refractivity contribution is 7.18. The lowest BCUT2D eigenvalue weighted by atomic mass is 9.97. The van der Waals surface area contributed by atoms with E-state index >= 15 is 0 Å². The predicted octanol–water partition coefficient (Wildman–Crippen LogP) is 5.87. The van der Waals surface area contributed by atoms with Gasteiger partial charge in [0.15, 0.2) is 5.82 Å². The number of nitrogens with zero attached hydrogens (tertiary/aromatic N) is 4. The van der Waals surface area contributed by atoms with Gasteiger partial charge >= 0.3 is 0 Å². The largest absolute Gasteiger partial charge is 0.506 e. The Balaban J connectivity index is 1.67. The number of aromatic nitrogens is 2. The van der Waals surface area contributed by atoms with Gasteiger partial charge in [-0.25, -0.2) is 9.97 Å². The summed E-state index contributed by atoms with van der Waals surface area (Å²) in [4.78, 5) is 11.0. The molecule has 0 fully saturated rings. The standard InChI is InChI=1S/C17H14Cl2N4OS/c18-10-5-9(15(24)12(19)6-10)7-22-23-16-14-11-3-1-2-4-13(11)25-17(14)21-8-20-16/h5-6,8,24H,1-4,7H2. The molecule has 1 aliphatic carbocycles. The maximum absolute atomic E-state index is 10.00. The summed E-state index contributed by atoms with van der Waals surface area (Å²) in [7, 11) is 0. The Kier molecular flexibility index (Phi) is 4.58. The molecular formula is C17H14Cl2N4OS. The van der Waals surface area contributed by atoms with Crippen LogP contribution in [0, 0.1) is 0 Å². The fourth-order valence-corrected chi connectivity index (χ4v) is 4.83. The fraction of sp³-hybridized carbons (Fsp3) is 0.294. The van der Waals surface area contributed by atoms with Crippen LogP contribution in [0.3, 0.4) is 0 Å². The molecule has 0 radical (unpaired) electrons. The Morgan fingerprint density at radius 2 is 2.00 bits per heavy atom. The van der Waals surface area contributed by atoms with E-state index in [0.29, 0.717) is 16.4 Å².